The average molecular weight is 467 g/mol. The Balaban J connectivity index is 1.70. The molecular formula is C29H26N2O4. The van der Waals surface area contributed by atoms with Crippen LogP contribution in [0, 0.1) is 11.8 Å². The van der Waals surface area contributed by atoms with Gasteiger partial charge in [0.2, 0.25) is 0 Å². The van der Waals surface area contributed by atoms with E-state index >= 15 is 0 Å². The van der Waals surface area contributed by atoms with Gasteiger partial charge in [-0.05, 0) is 16.7 Å². The van der Waals surface area contributed by atoms with Crippen LogP contribution in [0.3, 0.4) is 0 Å². The normalized spacial score (nSPS) is 19.1. The highest BCUT2D eigenvalue weighted by Gasteiger charge is 2.62. The minimum absolute atomic E-state index is 0.392. The fraction of sp³-hybridized carbons (Fsp3) is 0.207. The Morgan fingerprint density at radius 2 is 1.11 bits per heavy atom. The summed E-state index contributed by atoms with van der Waals surface area (Å²) in [4.78, 5) is 29.5. The minimum Gasteiger partial charge on any atom is -0.469 e. The topological polar surface area (TPSA) is 70.4 Å². The maximum atomic E-state index is 12.4. The Kier molecular flexibility index (Phi) is 5.95. The Morgan fingerprint density at radius 3 is 1.49 bits per heavy atom. The first kappa shape index (κ1) is 22.6. The van der Waals surface area contributed by atoms with Crippen LogP contribution in [0.4, 0.5) is 0 Å². The van der Waals surface area contributed by atoms with Gasteiger partial charge < -0.3 is 14.0 Å². The van der Waals surface area contributed by atoms with Crippen LogP contribution in [0.25, 0.3) is 0 Å². The number of benzene rings is 3. The van der Waals surface area contributed by atoms with E-state index in [0.29, 0.717) is 5.69 Å². The molecule has 1 fully saturated rings. The lowest BCUT2D eigenvalue weighted by molar-refractivity contribution is -0.148. The van der Waals surface area contributed by atoms with Crippen LogP contribution in [-0.2, 0) is 24.6 Å². The molecule has 35 heavy (non-hydrogen) atoms. The first-order valence-corrected chi connectivity index (χ1v) is 11.5. The van der Waals surface area contributed by atoms with Gasteiger partial charge >= 0.3 is 11.9 Å². The van der Waals surface area contributed by atoms with E-state index in [1.807, 2.05) is 60.8 Å². The molecule has 0 spiro atoms. The van der Waals surface area contributed by atoms with Crippen molar-refractivity contribution in [3.05, 3.63) is 126 Å². The zero-order chi connectivity index (χ0) is 24.4. The third-order valence-corrected chi connectivity index (χ3v) is 6.87. The van der Waals surface area contributed by atoms with E-state index in [9.17, 15) is 9.59 Å². The van der Waals surface area contributed by atoms with Gasteiger partial charge in [-0.2, -0.15) is 0 Å². The summed E-state index contributed by atoms with van der Waals surface area (Å²) in [6.07, 6.45) is 3.72. The molecule has 1 aliphatic rings. The number of nitrogens with zero attached hydrogens (tertiary/aromatic N) is 2. The average Bonchev–Trinajstić information content (AvgIpc) is 3.49. The van der Waals surface area contributed by atoms with Crippen molar-refractivity contribution in [1.29, 1.82) is 0 Å². The number of carbonyl (C=O) groups excluding carboxylic acids is 2. The second kappa shape index (κ2) is 9.22. The van der Waals surface area contributed by atoms with E-state index < -0.39 is 35.2 Å². The van der Waals surface area contributed by atoms with E-state index in [1.165, 1.54) is 14.2 Å². The molecule has 0 bridgehead atoms. The molecule has 1 saturated carbocycles. The van der Waals surface area contributed by atoms with Gasteiger partial charge in [0.1, 0.15) is 5.54 Å². The fourth-order valence-electron chi connectivity index (χ4n) is 5.22. The van der Waals surface area contributed by atoms with Crippen molar-refractivity contribution in [2.24, 2.45) is 11.8 Å². The van der Waals surface area contributed by atoms with Gasteiger partial charge in [-0.1, -0.05) is 91.0 Å². The number of hydrogen-bond donors (Lipinski definition) is 0. The molecule has 1 aliphatic carbocycles. The summed E-state index contributed by atoms with van der Waals surface area (Å²) >= 11 is 0. The number of carbonyl (C=O) groups is 2. The maximum Gasteiger partial charge on any atom is 0.310 e. The Hall–Kier alpha value is -4.19. The molecule has 1 heterocycles. The van der Waals surface area contributed by atoms with Crippen molar-refractivity contribution in [1.82, 2.24) is 9.55 Å². The van der Waals surface area contributed by atoms with E-state index in [0.717, 1.165) is 16.7 Å². The van der Waals surface area contributed by atoms with Crippen LogP contribution >= 0.6 is 0 Å². The molecule has 5 rings (SSSR count). The fourth-order valence-corrected chi connectivity index (χ4v) is 5.22. The van der Waals surface area contributed by atoms with Crippen LogP contribution in [0.5, 0.6) is 0 Å². The van der Waals surface area contributed by atoms with Crippen molar-refractivity contribution < 1.29 is 19.1 Å². The summed E-state index contributed by atoms with van der Waals surface area (Å²) in [6.45, 7) is 0. The molecule has 0 saturated heterocycles. The van der Waals surface area contributed by atoms with Crippen LogP contribution in [-0.4, -0.2) is 35.7 Å². The molecule has 0 unspecified atom stereocenters. The van der Waals surface area contributed by atoms with E-state index in [2.05, 4.69) is 41.0 Å². The van der Waals surface area contributed by atoms with Crippen molar-refractivity contribution in [2.45, 2.75) is 11.5 Å². The van der Waals surface area contributed by atoms with Crippen LogP contribution in [0.15, 0.2) is 104 Å². The number of rotatable bonds is 7. The van der Waals surface area contributed by atoms with Crippen molar-refractivity contribution in [3.63, 3.8) is 0 Å². The number of hydrogen-bond acceptors (Lipinski definition) is 5. The minimum atomic E-state index is -0.717. The van der Waals surface area contributed by atoms with Crippen LogP contribution < -0.4 is 0 Å². The molecular weight excluding hydrogens is 440 g/mol. The Labute approximate surface area is 204 Å². The Morgan fingerprint density at radius 1 is 0.714 bits per heavy atom. The zero-order valence-electron chi connectivity index (χ0n) is 19.6. The van der Waals surface area contributed by atoms with Crippen LogP contribution in [0.1, 0.15) is 28.3 Å². The van der Waals surface area contributed by atoms with Gasteiger partial charge in [0, 0.05) is 12.1 Å². The molecule has 3 aromatic carbocycles. The van der Waals surface area contributed by atoms with Crippen molar-refractivity contribution in [3.8, 4) is 0 Å². The summed E-state index contributed by atoms with van der Waals surface area (Å²) < 4.78 is 12.0. The Bertz CT molecular complexity index is 1200. The lowest BCUT2D eigenvalue weighted by Crippen LogP contribution is -2.36. The highest BCUT2D eigenvalue weighted by molar-refractivity contribution is 5.90. The van der Waals surface area contributed by atoms with E-state index in [4.69, 9.17) is 14.5 Å². The van der Waals surface area contributed by atoms with Gasteiger partial charge in [-0.3, -0.25) is 9.59 Å². The third kappa shape index (κ3) is 3.71. The largest absolute Gasteiger partial charge is 0.469 e. The molecule has 2 atom stereocenters. The predicted molar refractivity (Wildman–Crippen MR) is 131 cm³/mol. The summed E-state index contributed by atoms with van der Waals surface area (Å²) in [7, 11) is 2.66. The first-order chi connectivity index (χ1) is 17.1. The molecule has 0 amide bonds. The lowest BCUT2D eigenvalue weighted by Gasteiger charge is -2.37. The molecule has 6 heteroatoms. The monoisotopic (exact) mass is 466 g/mol. The molecule has 0 aliphatic heterocycles. The van der Waals surface area contributed by atoms with Crippen molar-refractivity contribution in [2.75, 3.05) is 14.2 Å². The molecule has 4 aromatic rings. The predicted octanol–water partition coefficient (Wildman–Crippen LogP) is 4.40. The first-order valence-electron chi connectivity index (χ1n) is 11.5. The summed E-state index contributed by atoms with van der Waals surface area (Å²) in [6, 6.07) is 30.7. The van der Waals surface area contributed by atoms with Gasteiger partial charge in [0.15, 0.2) is 0 Å². The lowest BCUT2D eigenvalue weighted by atomic mass is 9.77. The number of imidazole rings is 1. The van der Waals surface area contributed by atoms with Gasteiger partial charge in [-0.15, -0.1) is 0 Å². The number of esters is 2. The summed E-state index contributed by atoms with van der Waals surface area (Å²) in [5, 5.41) is 0. The standard InChI is InChI=1S/C29H26N2O4/c1-34-27(32)25-24(26(25)28(33)35-2)23-18-31(19-30-23)29(20-12-6-3-7-13-20,21-14-8-4-9-15-21)22-16-10-5-11-17-22/h3-19,24-26H,1-2H3/t25-,26-/m0/s1. The highest BCUT2D eigenvalue weighted by Crippen LogP contribution is 2.55. The zero-order valence-corrected chi connectivity index (χ0v) is 19.6. The maximum absolute atomic E-state index is 12.4. The second-order valence-corrected chi connectivity index (χ2v) is 8.64. The second-order valence-electron chi connectivity index (χ2n) is 8.64. The molecule has 6 nitrogen and oxygen atoms in total. The smallest absolute Gasteiger partial charge is 0.310 e. The van der Waals surface area contributed by atoms with E-state index in [-0.39, 0.29) is 0 Å². The van der Waals surface area contributed by atoms with Crippen molar-refractivity contribution >= 4 is 11.9 Å². The third-order valence-electron chi connectivity index (χ3n) is 6.87. The molecule has 176 valence electrons. The summed E-state index contributed by atoms with van der Waals surface area (Å²) in [5.74, 6) is -2.46. The number of ether oxygens (including phenoxy) is 2. The SMILES string of the molecule is COC(=O)[C@H]1C(c2cn(C(c3ccccc3)(c3ccccc3)c3ccccc3)cn2)[C@@H]1C(=O)OC. The van der Waals surface area contributed by atoms with Gasteiger partial charge in [-0.25, -0.2) is 4.98 Å². The number of methoxy groups -OCH3 is 2. The van der Waals surface area contributed by atoms with E-state index in [1.54, 1.807) is 6.33 Å². The molecule has 0 N–H and O–H groups in total. The number of aromatic nitrogens is 2. The van der Waals surface area contributed by atoms with Gasteiger partial charge in [0.05, 0.1) is 38.1 Å². The molecule has 0 radical (unpaired) electrons. The van der Waals surface area contributed by atoms with Gasteiger partial charge in [0.25, 0.3) is 0 Å². The quantitative estimate of drug-likeness (QED) is 0.298. The van der Waals surface area contributed by atoms with Crippen LogP contribution in [0.2, 0.25) is 0 Å². The summed E-state index contributed by atoms with van der Waals surface area (Å²) in [5.41, 5.74) is 3.12. The molecule has 1 aromatic heterocycles. The highest BCUT2D eigenvalue weighted by atomic mass is 16.5.